The zero-order valence-corrected chi connectivity index (χ0v) is 17.1. The van der Waals surface area contributed by atoms with Gasteiger partial charge in [-0.15, -0.1) is 0 Å². The molecule has 3 rings (SSSR count). The Labute approximate surface area is 178 Å². The molecule has 0 radical (unpaired) electrons. The Balaban J connectivity index is 2.01. The number of benzene rings is 2. The zero-order chi connectivity index (χ0) is 21.0. The third-order valence-electron chi connectivity index (χ3n) is 4.60. The van der Waals surface area contributed by atoms with Gasteiger partial charge in [-0.2, -0.15) is 0 Å². The van der Waals surface area contributed by atoms with Crippen LogP contribution in [0.1, 0.15) is 30.4 Å². The average Bonchev–Trinajstić information content (AvgIpc) is 2.67. The van der Waals surface area contributed by atoms with Crippen molar-refractivity contribution in [3.8, 4) is 0 Å². The van der Waals surface area contributed by atoms with E-state index >= 15 is 0 Å². The van der Waals surface area contributed by atoms with Crippen LogP contribution in [0.15, 0.2) is 77.6 Å². The van der Waals surface area contributed by atoms with Crippen molar-refractivity contribution in [2.24, 2.45) is 0 Å². The second-order valence-corrected chi connectivity index (χ2v) is 7.50. The predicted octanol–water partition coefficient (Wildman–Crippen LogP) is 6.90. The molecule has 2 aromatic rings. The van der Waals surface area contributed by atoms with E-state index < -0.39 is 13.4 Å². The molecular weight excluding hydrogens is 416 g/mol. The Bertz CT molecular complexity index is 981. The molecule has 0 fully saturated rings. The Morgan fingerprint density at radius 3 is 2.17 bits per heavy atom. The molecule has 148 valence electrons. The van der Waals surface area contributed by atoms with Gasteiger partial charge in [0.15, 0.2) is 5.78 Å². The maximum atomic E-state index is 13.0. The van der Waals surface area contributed by atoms with Crippen LogP contribution in [0.25, 0.3) is 6.08 Å². The van der Waals surface area contributed by atoms with Crippen LogP contribution in [-0.2, 0) is 9.45 Å². The number of hydrogen-bond acceptors (Lipinski definition) is 2. The molecular formula is C22H17BCl2F2O2. The van der Waals surface area contributed by atoms with Gasteiger partial charge in [-0.25, -0.2) is 8.63 Å². The fourth-order valence-electron chi connectivity index (χ4n) is 3.30. The molecule has 0 bridgehead atoms. The summed E-state index contributed by atoms with van der Waals surface area (Å²) in [5.74, 6) is -0.819. The molecule has 7 heteroatoms. The van der Waals surface area contributed by atoms with Gasteiger partial charge in [0.1, 0.15) is 5.76 Å². The molecule has 0 saturated heterocycles. The average molecular weight is 433 g/mol. The summed E-state index contributed by atoms with van der Waals surface area (Å²) in [6, 6.07) is 14.3. The van der Waals surface area contributed by atoms with Crippen molar-refractivity contribution in [3.63, 3.8) is 0 Å². The van der Waals surface area contributed by atoms with E-state index in [1.54, 1.807) is 36.4 Å². The Morgan fingerprint density at radius 1 is 1.03 bits per heavy atom. The first-order valence-corrected chi connectivity index (χ1v) is 9.68. The van der Waals surface area contributed by atoms with Crippen LogP contribution >= 0.6 is 23.2 Å². The zero-order valence-electron chi connectivity index (χ0n) is 15.5. The number of Topliss-reactive ketones (excluding diaryl/α,β-unsaturated/α-hetero) is 1. The van der Waals surface area contributed by atoms with Crippen LogP contribution in [0.4, 0.5) is 8.63 Å². The smallest absolute Gasteiger partial charge is 0.505 e. The molecule has 0 saturated carbocycles. The van der Waals surface area contributed by atoms with Crippen LogP contribution in [0, 0.1) is 0 Å². The summed E-state index contributed by atoms with van der Waals surface area (Å²) in [6.45, 7) is 1.36. The van der Waals surface area contributed by atoms with Crippen molar-refractivity contribution < 1.29 is 18.1 Å². The van der Waals surface area contributed by atoms with Gasteiger partial charge in [-0.05, 0) is 60.4 Å². The van der Waals surface area contributed by atoms with Crippen LogP contribution in [0.5, 0.6) is 0 Å². The number of ketones is 1. The first kappa shape index (κ1) is 21.3. The standard InChI is InChI=1S/C22H17BCl2F2O2/c1-14(28)22-20(17-6-10-19(25)11-7-17)12-16(13-21(22)29-23(26)27)3-2-15-4-8-18(24)9-5-15/h2-11,13,20H,12H2,1H3/b3-2+. The molecule has 2 nitrogen and oxygen atoms in total. The summed E-state index contributed by atoms with van der Waals surface area (Å²) in [6.07, 6.45) is 5.66. The monoisotopic (exact) mass is 432 g/mol. The molecule has 2 aromatic carbocycles. The van der Waals surface area contributed by atoms with Gasteiger partial charge in [0.05, 0.1) is 0 Å². The van der Waals surface area contributed by atoms with Crippen molar-refractivity contribution in [1.82, 2.24) is 0 Å². The van der Waals surface area contributed by atoms with E-state index in [0.717, 1.165) is 16.7 Å². The minimum absolute atomic E-state index is 0.102. The molecule has 0 aliphatic heterocycles. The van der Waals surface area contributed by atoms with Gasteiger partial charge in [-0.1, -0.05) is 59.6 Å². The maximum Gasteiger partial charge on any atom is 0.796 e. The highest BCUT2D eigenvalue weighted by Gasteiger charge is 2.31. The van der Waals surface area contributed by atoms with Gasteiger partial charge in [0.2, 0.25) is 0 Å². The highest BCUT2D eigenvalue weighted by molar-refractivity contribution is 6.35. The number of allylic oxidation sites excluding steroid dienone is 4. The molecule has 29 heavy (non-hydrogen) atoms. The van der Waals surface area contributed by atoms with Crippen molar-refractivity contribution in [1.29, 1.82) is 0 Å². The molecule has 0 amide bonds. The third kappa shape index (κ3) is 5.59. The van der Waals surface area contributed by atoms with E-state index in [2.05, 4.69) is 0 Å². The summed E-state index contributed by atoms with van der Waals surface area (Å²) < 4.78 is 30.7. The topological polar surface area (TPSA) is 26.3 Å². The number of rotatable bonds is 6. The Hall–Kier alpha value is -2.37. The van der Waals surface area contributed by atoms with Crippen LogP contribution in [-0.4, -0.2) is 13.3 Å². The second-order valence-electron chi connectivity index (χ2n) is 6.63. The van der Waals surface area contributed by atoms with E-state index in [1.165, 1.54) is 13.0 Å². The van der Waals surface area contributed by atoms with Gasteiger partial charge in [0, 0.05) is 21.5 Å². The number of halogens is 4. The Kier molecular flexibility index (Phi) is 6.94. The predicted molar refractivity (Wildman–Crippen MR) is 114 cm³/mol. The largest absolute Gasteiger partial charge is 0.796 e. The van der Waals surface area contributed by atoms with E-state index in [9.17, 15) is 13.4 Å². The summed E-state index contributed by atoms with van der Waals surface area (Å²) in [7, 11) is -3.03. The lowest BCUT2D eigenvalue weighted by Gasteiger charge is -2.26. The highest BCUT2D eigenvalue weighted by Crippen LogP contribution is 2.39. The first-order valence-electron chi connectivity index (χ1n) is 8.93. The molecule has 0 spiro atoms. The van der Waals surface area contributed by atoms with E-state index in [4.69, 9.17) is 27.9 Å². The normalized spacial score (nSPS) is 16.7. The van der Waals surface area contributed by atoms with Crippen LogP contribution in [0.3, 0.4) is 0 Å². The molecule has 0 N–H and O–H groups in total. The second kappa shape index (κ2) is 9.42. The maximum absolute atomic E-state index is 13.0. The number of hydrogen-bond donors (Lipinski definition) is 0. The molecule has 1 unspecified atom stereocenters. The third-order valence-corrected chi connectivity index (χ3v) is 5.10. The van der Waals surface area contributed by atoms with Gasteiger partial charge >= 0.3 is 7.47 Å². The fourth-order valence-corrected chi connectivity index (χ4v) is 3.55. The fraction of sp³-hybridized carbons (Fsp3) is 0.136. The summed E-state index contributed by atoms with van der Waals surface area (Å²) >= 11 is 11.9. The lowest BCUT2D eigenvalue weighted by atomic mass is 9.79. The van der Waals surface area contributed by atoms with Crippen molar-refractivity contribution in [2.75, 3.05) is 0 Å². The SMILES string of the molecule is CC(=O)C1=C(OB(F)F)C=C(/C=C/c2ccc(Cl)cc2)CC1c1ccc(Cl)cc1. The first-order chi connectivity index (χ1) is 13.8. The minimum Gasteiger partial charge on any atom is -0.505 e. The van der Waals surface area contributed by atoms with Gasteiger partial charge < -0.3 is 4.65 Å². The lowest BCUT2D eigenvalue weighted by molar-refractivity contribution is -0.114. The minimum atomic E-state index is -3.03. The van der Waals surface area contributed by atoms with Gasteiger partial charge in [-0.3, -0.25) is 4.79 Å². The molecule has 1 aliphatic rings. The van der Waals surface area contributed by atoms with Gasteiger partial charge in [0.25, 0.3) is 0 Å². The number of carbonyl (C=O) groups excluding carboxylic acids is 1. The van der Waals surface area contributed by atoms with Crippen molar-refractivity contribution in [2.45, 2.75) is 19.3 Å². The number of carbonyl (C=O) groups is 1. The molecule has 0 aromatic heterocycles. The van der Waals surface area contributed by atoms with Crippen molar-refractivity contribution >= 4 is 42.5 Å². The molecule has 0 heterocycles. The summed E-state index contributed by atoms with van der Waals surface area (Å²) in [5, 5.41) is 1.18. The van der Waals surface area contributed by atoms with E-state index in [0.29, 0.717) is 16.5 Å². The van der Waals surface area contributed by atoms with E-state index in [1.807, 2.05) is 24.3 Å². The lowest BCUT2D eigenvalue weighted by Crippen LogP contribution is -2.19. The van der Waals surface area contributed by atoms with Crippen molar-refractivity contribution in [3.05, 3.63) is 98.8 Å². The summed E-state index contributed by atoms with van der Waals surface area (Å²) in [4.78, 5) is 12.3. The summed E-state index contributed by atoms with van der Waals surface area (Å²) in [5.41, 5.74) is 2.72. The molecule has 1 aliphatic carbocycles. The Morgan fingerprint density at radius 2 is 1.62 bits per heavy atom. The van der Waals surface area contributed by atoms with Crippen LogP contribution in [0.2, 0.25) is 10.0 Å². The quantitative estimate of drug-likeness (QED) is 0.463. The highest BCUT2D eigenvalue weighted by atomic mass is 35.5. The molecule has 1 atom stereocenters. The van der Waals surface area contributed by atoms with E-state index in [-0.39, 0.29) is 17.1 Å². The van der Waals surface area contributed by atoms with Crippen LogP contribution < -0.4 is 0 Å².